The van der Waals surface area contributed by atoms with Crippen molar-refractivity contribution in [2.75, 3.05) is 7.11 Å². The van der Waals surface area contributed by atoms with Crippen molar-refractivity contribution < 1.29 is 9.26 Å². The molecule has 0 atom stereocenters. The fraction of sp³-hybridized carbons (Fsp3) is 0.143. The summed E-state index contributed by atoms with van der Waals surface area (Å²) < 4.78 is 10.9. The van der Waals surface area contributed by atoms with Gasteiger partial charge in [-0.2, -0.15) is 5.10 Å². The molecule has 0 bridgehead atoms. The minimum absolute atomic E-state index is 0.781. The summed E-state index contributed by atoms with van der Waals surface area (Å²) in [6.45, 7) is 1.94. The lowest BCUT2D eigenvalue weighted by Gasteiger charge is -2.04. The van der Waals surface area contributed by atoms with E-state index in [9.17, 15) is 0 Å². The lowest BCUT2D eigenvalue weighted by Crippen LogP contribution is -1.90. The summed E-state index contributed by atoms with van der Waals surface area (Å²) in [6.07, 6.45) is 0.833. The second kappa shape index (κ2) is 5.59. The van der Waals surface area contributed by atoms with Crippen LogP contribution in [0.5, 0.6) is 5.75 Å². The Balaban J connectivity index is 1.67. The van der Waals surface area contributed by atoms with Crippen molar-refractivity contribution in [1.82, 2.24) is 15.4 Å². The zero-order chi connectivity index (χ0) is 17.7. The van der Waals surface area contributed by atoms with Crippen LogP contribution in [0.4, 0.5) is 0 Å². The van der Waals surface area contributed by atoms with Crippen LogP contribution < -0.4 is 4.74 Å². The quantitative estimate of drug-likeness (QED) is 0.519. The van der Waals surface area contributed by atoms with Gasteiger partial charge < -0.3 is 9.26 Å². The van der Waals surface area contributed by atoms with Crippen LogP contribution in [0, 0.1) is 6.92 Å². The number of aromatic nitrogens is 3. The highest BCUT2D eigenvalue weighted by molar-refractivity contribution is 5.87. The molecule has 0 aliphatic heterocycles. The first-order valence-electron chi connectivity index (χ1n) is 8.53. The molecule has 2 aromatic carbocycles. The topological polar surface area (TPSA) is 63.9 Å². The second-order valence-electron chi connectivity index (χ2n) is 6.45. The number of methoxy groups -OCH3 is 1. The number of nitrogens with one attached hydrogen (secondary N) is 1. The van der Waals surface area contributed by atoms with E-state index in [1.54, 1.807) is 7.11 Å². The highest BCUT2D eigenvalue weighted by atomic mass is 16.5. The molecular formula is C21H17N3O2. The highest BCUT2D eigenvalue weighted by Gasteiger charge is 2.29. The Kier molecular flexibility index (Phi) is 3.22. The van der Waals surface area contributed by atoms with Gasteiger partial charge in [0.05, 0.1) is 24.1 Å². The predicted molar refractivity (Wildman–Crippen MR) is 99.1 cm³/mol. The van der Waals surface area contributed by atoms with Crippen molar-refractivity contribution in [1.29, 1.82) is 0 Å². The van der Waals surface area contributed by atoms with Gasteiger partial charge in [-0.05, 0) is 24.6 Å². The summed E-state index contributed by atoms with van der Waals surface area (Å²) in [5.41, 5.74) is 8.36. The number of rotatable bonds is 3. The van der Waals surface area contributed by atoms with E-state index in [0.717, 1.165) is 51.7 Å². The largest absolute Gasteiger partial charge is 0.497 e. The highest BCUT2D eigenvalue weighted by Crippen LogP contribution is 2.44. The van der Waals surface area contributed by atoms with E-state index in [4.69, 9.17) is 9.26 Å². The molecule has 0 saturated heterocycles. The average molecular weight is 343 g/mol. The number of H-pyrrole nitrogens is 1. The average Bonchev–Trinajstić information content (AvgIpc) is 3.35. The number of nitrogens with zero attached hydrogens (tertiary/aromatic N) is 2. The standard InChI is InChI=1S/C21H17N3O2/c1-12-18(19(24-26-12)13-6-4-3-5-7-13)21-17-10-14-8-9-15(25-2)11-16(14)20(17)22-23-21/h3-9,11H,10H2,1-2H3,(H,22,23). The molecule has 0 saturated carbocycles. The van der Waals surface area contributed by atoms with Crippen molar-refractivity contribution in [3.63, 3.8) is 0 Å². The number of ether oxygens (including phenoxy) is 1. The van der Waals surface area contributed by atoms with Crippen LogP contribution in [0.25, 0.3) is 33.8 Å². The van der Waals surface area contributed by atoms with Gasteiger partial charge >= 0.3 is 0 Å². The minimum Gasteiger partial charge on any atom is -0.497 e. The van der Waals surface area contributed by atoms with E-state index in [1.807, 2.05) is 49.4 Å². The Morgan fingerprint density at radius 1 is 1.08 bits per heavy atom. The minimum atomic E-state index is 0.781. The number of aromatic amines is 1. The summed E-state index contributed by atoms with van der Waals surface area (Å²) >= 11 is 0. The summed E-state index contributed by atoms with van der Waals surface area (Å²) in [6, 6.07) is 16.2. The maximum atomic E-state index is 5.53. The molecule has 1 aliphatic rings. The molecule has 4 aromatic rings. The fourth-order valence-corrected chi connectivity index (χ4v) is 3.67. The van der Waals surface area contributed by atoms with Crippen molar-refractivity contribution in [3.8, 4) is 39.5 Å². The molecule has 5 nitrogen and oxygen atoms in total. The third kappa shape index (κ3) is 2.10. The Morgan fingerprint density at radius 2 is 1.92 bits per heavy atom. The third-order valence-corrected chi connectivity index (χ3v) is 4.97. The van der Waals surface area contributed by atoms with Crippen molar-refractivity contribution >= 4 is 0 Å². The number of aryl methyl sites for hydroxylation is 1. The van der Waals surface area contributed by atoms with Gasteiger partial charge in [0.15, 0.2) is 0 Å². The lowest BCUT2D eigenvalue weighted by atomic mass is 10.00. The summed E-state index contributed by atoms with van der Waals surface area (Å²) in [5.74, 6) is 1.62. The first-order valence-corrected chi connectivity index (χ1v) is 8.53. The molecule has 0 amide bonds. The predicted octanol–water partition coefficient (Wildman–Crippen LogP) is 4.62. The zero-order valence-electron chi connectivity index (χ0n) is 14.5. The Bertz CT molecular complexity index is 1110. The molecule has 0 spiro atoms. The van der Waals surface area contributed by atoms with Gasteiger partial charge in [0.1, 0.15) is 17.2 Å². The van der Waals surface area contributed by atoms with E-state index in [1.165, 1.54) is 11.1 Å². The second-order valence-corrected chi connectivity index (χ2v) is 6.45. The van der Waals surface area contributed by atoms with Gasteiger partial charge in [-0.1, -0.05) is 41.6 Å². The molecule has 2 heterocycles. The van der Waals surface area contributed by atoms with Crippen LogP contribution in [0.2, 0.25) is 0 Å². The molecule has 0 unspecified atom stereocenters. The van der Waals surface area contributed by atoms with Crippen LogP contribution in [-0.2, 0) is 6.42 Å². The molecule has 0 radical (unpaired) electrons. The molecule has 5 heteroatoms. The molecule has 1 N–H and O–H groups in total. The van der Waals surface area contributed by atoms with E-state index >= 15 is 0 Å². The van der Waals surface area contributed by atoms with E-state index < -0.39 is 0 Å². The maximum Gasteiger partial charge on any atom is 0.143 e. The third-order valence-electron chi connectivity index (χ3n) is 4.97. The molecule has 26 heavy (non-hydrogen) atoms. The fourth-order valence-electron chi connectivity index (χ4n) is 3.67. The SMILES string of the molecule is COc1ccc2c(c1)-c1n[nH]c(-c3c(-c4ccccc4)noc3C)c1C2. The van der Waals surface area contributed by atoms with Crippen molar-refractivity contribution in [2.24, 2.45) is 0 Å². The lowest BCUT2D eigenvalue weighted by molar-refractivity contribution is 0.400. The molecular weight excluding hydrogens is 326 g/mol. The Morgan fingerprint density at radius 3 is 2.73 bits per heavy atom. The zero-order valence-corrected chi connectivity index (χ0v) is 14.5. The molecule has 0 fully saturated rings. The van der Waals surface area contributed by atoms with Crippen LogP contribution in [0.15, 0.2) is 53.1 Å². The van der Waals surface area contributed by atoms with Gasteiger partial charge in [-0.15, -0.1) is 0 Å². The smallest absolute Gasteiger partial charge is 0.143 e. The van der Waals surface area contributed by atoms with Crippen molar-refractivity contribution in [3.05, 3.63) is 65.4 Å². The Hall–Kier alpha value is -3.34. The Labute approximate surface area is 150 Å². The van der Waals surface area contributed by atoms with Gasteiger partial charge in [-0.25, -0.2) is 0 Å². The van der Waals surface area contributed by atoms with E-state index in [0.29, 0.717) is 0 Å². The number of benzene rings is 2. The number of hydrogen-bond acceptors (Lipinski definition) is 4. The van der Waals surface area contributed by atoms with Gasteiger partial charge in [0, 0.05) is 23.1 Å². The molecule has 1 aliphatic carbocycles. The monoisotopic (exact) mass is 343 g/mol. The van der Waals surface area contributed by atoms with Crippen LogP contribution in [0.1, 0.15) is 16.9 Å². The van der Waals surface area contributed by atoms with Crippen LogP contribution >= 0.6 is 0 Å². The molecule has 5 rings (SSSR count). The normalized spacial score (nSPS) is 12.1. The summed E-state index contributed by atoms with van der Waals surface area (Å²) in [7, 11) is 1.68. The van der Waals surface area contributed by atoms with Crippen LogP contribution in [0.3, 0.4) is 0 Å². The first-order chi connectivity index (χ1) is 12.8. The first kappa shape index (κ1) is 15.0. The number of fused-ring (bicyclic) bond motifs is 3. The summed E-state index contributed by atoms with van der Waals surface area (Å²) in [4.78, 5) is 0. The van der Waals surface area contributed by atoms with Gasteiger partial charge in [0.2, 0.25) is 0 Å². The van der Waals surface area contributed by atoms with Gasteiger partial charge in [-0.3, -0.25) is 5.10 Å². The van der Waals surface area contributed by atoms with Crippen molar-refractivity contribution in [2.45, 2.75) is 13.3 Å². The number of hydrogen-bond donors (Lipinski definition) is 1. The van der Waals surface area contributed by atoms with Crippen LogP contribution in [-0.4, -0.2) is 22.5 Å². The van der Waals surface area contributed by atoms with E-state index in [2.05, 4.69) is 21.4 Å². The molecule has 128 valence electrons. The molecule has 2 aromatic heterocycles. The van der Waals surface area contributed by atoms with Gasteiger partial charge in [0.25, 0.3) is 0 Å². The summed E-state index contributed by atoms with van der Waals surface area (Å²) in [5, 5.41) is 12.1. The van der Waals surface area contributed by atoms with E-state index in [-0.39, 0.29) is 0 Å². The maximum absolute atomic E-state index is 5.53.